The van der Waals surface area contributed by atoms with Gasteiger partial charge in [0, 0.05) is 31.6 Å². The maximum atomic E-state index is 14.2. The van der Waals surface area contributed by atoms with E-state index in [-0.39, 0.29) is 18.0 Å². The van der Waals surface area contributed by atoms with Gasteiger partial charge in [0.15, 0.2) is 5.13 Å². The second-order valence-electron chi connectivity index (χ2n) is 9.55. The van der Waals surface area contributed by atoms with Crippen LogP contribution in [0.2, 0.25) is 0 Å². The zero-order chi connectivity index (χ0) is 27.6. The highest BCUT2D eigenvalue weighted by molar-refractivity contribution is 7.22. The third-order valence-electron chi connectivity index (χ3n) is 7.21. The highest BCUT2D eigenvalue weighted by Gasteiger charge is 2.27. The second kappa shape index (κ2) is 12.4. The van der Waals surface area contributed by atoms with Gasteiger partial charge in [0.05, 0.1) is 27.4 Å². The van der Waals surface area contributed by atoms with E-state index in [1.807, 2.05) is 36.4 Å². The number of thiazole rings is 1. The third-order valence-corrected chi connectivity index (χ3v) is 8.30. The van der Waals surface area contributed by atoms with Gasteiger partial charge in [-0.15, -0.1) is 12.4 Å². The molecule has 3 aromatic carbocycles. The maximum Gasteiger partial charge on any atom is 0.349 e. The van der Waals surface area contributed by atoms with Crippen LogP contribution in [0, 0.1) is 0 Å². The van der Waals surface area contributed by atoms with Crippen LogP contribution in [0.1, 0.15) is 16.8 Å². The van der Waals surface area contributed by atoms with Gasteiger partial charge in [-0.2, -0.15) is 0 Å². The molecule has 0 unspecified atom stereocenters. The van der Waals surface area contributed by atoms with Crippen molar-refractivity contribution in [2.75, 3.05) is 58.5 Å². The van der Waals surface area contributed by atoms with Crippen molar-refractivity contribution in [1.29, 1.82) is 0 Å². The minimum atomic E-state index is -0.678. The number of amides is 1. The number of hydrogen-bond donors (Lipinski definition) is 0. The van der Waals surface area contributed by atoms with Gasteiger partial charge < -0.3 is 18.6 Å². The van der Waals surface area contributed by atoms with Crippen molar-refractivity contribution in [3.8, 4) is 11.5 Å². The van der Waals surface area contributed by atoms with Gasteiger partial charge in [0.1, 0.15) is 32.9 Å². The summed E-state index contributed by atoms with van der Waals surface area (Å²) in [6.45, 7) is 4.27. The Bertz CT molecular complexity index is 1720. The van der Waals surface area contributed by atoms with Crippen LogP contribution in [0.25, 0.3) is 32.0 Å². The zero-order valence-corrected chi connectivity index (χ0v) is 24.4. The molecule has 5 aromatic rings. The third kappa shape index (κ3) is 5.60. The van der Waals surface area contributed by atoms with E-state index in [9.17, 15) is 9.59 Å². The molecule has 0 atom stereocenters. The Morgan fingerprint density at radius 2 is 1.78 bits per heavy atom. The number of benzene rings is 3. The second-order valence-corrected chi connectivity index (χ2v) is 10.5. The molecule has 1 aliphatic rings. The number of anilines is 1. The molecule has 0 radical (unpaired) electrons. The van der Waals surface area contributed by atoms with Crippen LogP contribution >= 0.6 is 23.7 Å². The molecule has 1 aliphatic heterocycles. The van der Waals surface area contributed by atoms with Crippen molar-refractivity contribution in [2.45, 2.75) is 6.42 Å². The normalized spacial score (nSPS) is 13.8. The number of hydrogen-bond acceptors (Lipinski definition) is 9. The van der Waals surface area contributed by atoms with Gasteiger partial charge in [-0.3, -0.25) is 14.6 Å². The summed E-state index contributed by atoms with van der Waals surface area (Å²) in [7, 11) is 3.17. The lowest BCUT2D eigenvalue weighted by Gasteiger charge is -2.27. The average Bonchev–Trinajstić information content (AvgIpc) is 3.44. The van der Waals surface area contributed by atoms with Crippen LogP contribution in [0.4, 0.5) is 5.13 Å². The van der Waals surface area contributed by atoms with Crippen molar-refractivity contribution in [1.82, 2.24) is 9.88 Å². The first-order valence-corrected chi connectivity index (χ1v) is 14.0. The Labute approximate surface area is 246 Å². The molecule has 0 saturated carbocycles. The first kappa shape index (κ1) is 28.8. The fraction of sp³-hybridized carbons (Fsp3) is 0.300. The number of ether oxygens (including phenoxy) is 3. The number of morpholine rings is 1. The van der Waals surface area contributed by atoms with E-state index < -0.39 is 11.5 Å². The van der Waals surface area contributed by atoms with E-state index in [2.05, 4.69) is 4.90 Å². The SMILES string of the molecule is COc1ccc(OC)c2sc(N(CCCN3CCOCC3)C(=O)c3cc4c(ccc5ccccc54)oc3=O)nc12.Cl. The average molecular weight is 596 g/mol. The highest BCUT2D eigenvalue weighted by Crippen LogP contribution is 2.40. The van der Waals surface area contributed by atoms with Crippen LogP contribution < -0.4 is 20.0 Å². The number of carbonyl (C=O) groups excluding carboxylic acids is 1. The molecule has 6 rings (SSSR count). The van der Waals surface area contributed by atoms with Gasteiger partial charge in [0.2, 0.25) is 0 Å². The minimum Gasteiger partial charge on any atom is -0.495 e. The Hall–Kier alpha value is -3.70. The Morgan fingerprint density at radius 3 is 2.56 bits per heavy atom. The molecule has 9 nitrogen and oxygen atoms in total. The standard InChI is InChI=1S/C30H29N3O6S.ClH/c1-36-24-10-11-25(37-2)27-26(24)31-30(40-27)33(13-5-12-32-14-16-38-17-15-32)28(34)22-18-21-20-7-4-3-6-19(20)8-9-23(21)39-29(22)35;/h3-4,6-11,18H,5,12-17H2,1-2H3;1H. The van der Waals surface area contributed by atoms with E-state index in [1.54, 1.807) is 37.3 Å². The number of nitrogens with zero attached hydrogens (tertiary/aromatic N) is 3. The Kier molecular flexibility index (Phi) is 8.74. The molecule has 1 fully saturated rings. The van der Waals surface area contributed by atoms with Crippen LogP contribution in [0.15, 0.2) is 63.8 Å². The summed E-state index contributed by atoms with van der Waals surface area (Å²) >= 11 is 1.33. The van der Waals surface area contributed by atoms with E-state index >= 15 is 0 Å². The summed E-state index contributed by atoms with van der Waals surface area (Å²) in [5.74, 6) is 0.759. The number of carbonyl (C=O) groups is 1. The topological polar surface area (TPSA) is 94.3 Å². The van der Waals surface area contributed by atoms with E-state index in [0.29, 0.717) is 59.3 Å². The summed E-state index contributed by atoms with van der Waals surface area (Å²) < 4.78 is 23.0. The molecule has 2 aromatic heterocycles. The molecular formula is C30H30ClN3O6S. The summed E-state index contributed by atoms with van der Waals surface area (Å²) in [4.78, 5) is 36.0. The first-order valence-electron chi connectivity index (χ1n) is 13.2. The van der Waals surface area contributed by atoms with Crippen molar-refractivity contribution in [3.63, 3.8) is 0 Å². The quantitative estimate of drug-likeness (QED) is 0.175. The molecule has 0 bridgehead atoms. The van der Waals surface area contributed by atoms with Gasteiger partial charge in [-0.1, -0.05) is 41.7 Å². The molecule has 1 saturated heterocycles. The van der Waals surface area contributed by atoms with Crippen LogP contribution in [0.5, 0.6) is 11.5 Å². The molecule has 11 heteroatoms. The lowest BCUT2D eigenvalue weighted by Crippen LogP contribution is -2.40. The first-order chi connectivity index (χ1) is 19.6. The molecule has 1 amide bonds. The van der Waals surface area contributed by atoms with E-state index in [0.717, 1.165) is 35.1 Å². The van der Waals surface area contributed by atoms with Gasteiger partial charge in [-0.05, 0) is 41.5 Å². The molecule has 0 aliphatic carbocycles. The Balaban J connectivity index is 0.00000337. The van der Waals surface area contributed by atoms with Crippen LogP contribution in [-0.4, -0.2) is 69.4 Å². The molecule has 41 heavy (non-hydrogen) atoms. The molecular weight excluding hydrogens is 566 g/mol. The summed E-state index contributed by atoms with van der Waals surface area (Å²) in [5.41, 5.74) is 0.327. The van der Waals surface area contributed by atoms with Crippen molar-refractivity contribution in [2.24, 2.45) is 0 Å². The largest absolute Gasteiger partial charge is 0.495 e. The van der Waals surface area contributed by atoms with Crippen molar-refractivity contribution >= 4 is 66.7 Å². The van der Waals surface area contributed by atoms with Crippen LogP contribution in [0.3, 0.4) is 0 Å². The predicted octanol–water partition coefficient (Wildman–Crippen LogP) is 5.36. The fourth-order valence-electron chi connectivity index (χ4n) is 5.12. The smallest absolute Gasteiger partial charge is 0.349 e. The number of fused-ring (bicyclic) bond motifs is 4. The number of methoxy groups -OCH3 is 2. The number of halogens is 1. The van der Waals surface area contributed by atoms with Crippen LogP contribution in [-0.2, 0) is 4.74 Å². The fourth-order valence-corrected chi connectivity index (χ4v) is 6.22. The highest BCUT2D eigenvalue weighted by atomic mass is 35.5. The lowest BCUT2D eigenvalue weighted by molar-refractivity contribution is 0.0376. The molecule has 0 N–H and O–H groups in total. The lowest BCUT2D eigenvalue weighted by atomic mass is 10.0. The number of aromatic nitrogens is 1. The monoisotopic (exact) mass is 595 g/mol. The summed E-state index contributed by atoms with van der Waals surface area (Å²) in [6.07, 6.45) is 0.692. The van der Waals surface area contributed by atoms with Crippen molar-refractivity contribution in [3.05, 3.63) is 70.6 Å². The molecule has 214 valence electrons. The zero-order valence-electron chi connectivity index (χ0n) is 22.8. The van der Waals surface area contributed by atoms with Gasteiger partial charge >= 0.3 is 5.63 Å². The summed E-state index contributed by atoms with van der Waals surface area (Å²) in [6, 6.07) is 16.7. The molecule has 3 heterocycles. The van der Waals surface area contributed by atoms with Gasteiger partial charge in [-0.25, -0.2) is 9.78 Å². The van der Waals surface area contributed by atoms with Gasteiger partial charge in [0.25, 0.3) is 5.91 Å². The summed E-state index contributed by atoms with van der Waals surface area (Å²) in [5, 5.41) is 3.07. The molecule has 0 spiro atoms. The maximum absolute atomic E-state index is 14.2. The van der Waals surface area contributed by atoms with E-state index in [1.165, 1.54) is 11.3 Å². The minimum absolute atomic E-state index is 0. The van der Waals surface area contributed by atoms with E-state index in [4.69, 9.17) is 23.6 Å². The Morgan fingerprint density at radius 1 is 1.02 bits per heavy atom. The van der Waals surface area contributed by atoms with Crippen molar-refractivity contribution < 1.29 is 23.4 Å². The number of rotatable bonds is 8. The predicted molar refractivity (Wildman–Crippen MR) is 164 cm³/mol.